The third-order valence-electron chi connectivity index (χ3n) is 5.72. The van der Waals surface area contributed by atoms with Gasteiger partial charge >= 0.3 is 0 Å². The second-order valence-corrected chi connectivity index (χ2v) is 8.40. The molecule has 8 heteroatoms. The number of nitriles is 1. The van der Waals surface area contributed by atoms with Crippen molar-refractivity contribution in [3.8, 4) is 6.07 Å². The van der Waals surface area contributed by atoms with Gasteiger partial charge in [0.05, 0.1) is 17.1 Å². The monoisotopic (exact) mass is 404 g/mol. The van der Waals surface area contributed by atoms with Crippen LogP contribution in [-0.2, 0) is 0 Å². The van der Waals surface area contributed by atoms with Crippen LogP contribution in [0.1, 0.15) is 23.4 Å². The molecule has 1 unspecified atom stereocenters. The van der Waals surface area contributed by atoms with Crippen LogP contribution in [0.5, 0.6) is 0 Å². The van der Waals surface area contributed by atoms with E-state index in [2.05, 4.69) is 36.9 Å². The Kier molecular flexibility index (Phi) is 4.62. The van der Waals surface area contributed by atoms with Crippen molar-refractivity contribution in [2.24, 2.45) is 0 Å². The third-order valence-corrected chi connectivity index (χ3v) is 6.68. The summed E-state index contributed by atoms with van der Waals surface area (Å²) in [6.45, 7) is 3.75. The van der Waals surface area contributed by atoms with Gasteiger partial charge in [0.15, 0.2) is 5.13 Å². The lowest BCUT2D eigenvalue weighted by atomic mass is 10.1. The Balaban J connectivity index is 1.29. The van der Waals surface area contributed by atoms with Crippen LogP contribution in [0.15, 0.2) is 41.5 Å². The Labute approximate surface area is 171 Å². The number of pyridine rings is 2. The fourth-order valence-corrected chi connectivity index (χ4v) is 4.95. The third kappa shape index (κ3) is 3.43. The van der Waals surface area contributed by atoms with Crippen molar-refractivity contribution in [1.29, 1.82) is 5.26 Å². The molecule has 7 nitrogen and oxygen atoms in total. The van der Waals surface area contributed by atoms with E-state index in [4.69, 9.17) is 5.26 Å². The van der Waals surface area contributed by atoms with Gasteiger partial charge < -0.3 is 9.88 Å². The smallest absolute Gasteiger partial charge is 0.257 e. The van der Waals surface area contributed by atoms with Crippen molar-refractivity contribution < 1.29 is 0 Å². The lowest BCUT2D eigenvalue weighted by Gasteiger charge is -2.37. The zero-order valence-electron chi connectivity index (χ0n) is 15.8. The summed E-state index contributed by atoms with van der Waals surface area (Å²) >= 11 is 1.46. The van der Waals surface area contributed by atoms with Crippen LogP contribution in [0.25, 0.3) is 16.5 Å². The predicted octanol–water partition coefficient (Wildman–Crippen LogP) is 2.62. The quantitative estimate of drug-likeness (QED) is 0.722. The standard InChI is InChI=1S/C21H20N6OS/c22-12-16-13-24-21(29-16)27-8-6-26(7-9-27)15-4-3-14(10-15)18-11-19-17(20(28)25-18)2-1-5-23-19/h1-2,5,10-11,13,15H,3-4,6-9H2,(H,25,28). The van der Waals surface area contributed by atoms with Gasteiger partial charge in [-0.25, -0.2) is 4.98 Å². The number of aromatic amines is 1. The summed E-state index contributed by atoms with van der Waals surface area (Å²) in [7, 11) is 0. The molecule has 0 saturated carbocycles. The van der Waals surface area contributed by atoms with E-state index in [-0.39, 0.29) is 5.56 Å². The summed E-state index contributed by atoms with van der Waals surface area (Å²) in [4.78, 5) is 29.5. The highest BCUT2D eigenvalue weighted by Crippen LogP contribution is 2.31. The molecule has 29 heavy (non-hydrogen) atoms. The second-order valence-electron chi connectivity index (χ2n) is 7.39. The molecule has 2 aliphatic rings. The maximum Gasteiger partial charge on any atom is 0.257 e. The zero-order valence-corrected chi connectivity index (χ0v) is 16.7. The molecule has 1 atom stereocenters. The van der Waals surface area contributed by atoms with Crippen LogP contribution < -0.4 is 10.5 Å². The number of rotatable bonds is 3. The molecule has 1 saturated heterocycles. The maximum absolute atomic E-state index is 12.4. The molecule has 1 aliphatic heterocycles. The number of hydrogen-bond donors (Lipinski definition) is 1. The van der Waals surface area contributed by atoms with E-state index in [1.165, 1.54) is 16.9 Å². The minimum absolute atomic E-state index is 0.0799. The molecule has 3 aromatic rings. The molecule has 1 aliphatic carbocycles. The lowest BCUT2D eigenvalue weighted by Crippen LogP contribution is -2.49. The summed E-state index contributed by atoms with van der Waals surface area (Å²) in [6.07, 6.45) is 7.69. The Morgan fingerprint density at radius 1 is 1.24 bits per heavy atom. The van der Waals surface area contributed by atoms with Gasteiger partial charge in [-0.1, -0.05) is 17.4 Å². The van der Waals surface area contributed by atoms with E-state index in [0.29, 0.717) is 16.3 Å². The first-order chi connectivity index (χ1) is 14.2. The zero-order chi connectivity index (χ0) is 19.8. The number of nitrogens with one attached hydrogen (secondary N) is 1. The van der Waals surface area contributed by atoms with E-state index in [9.17, 15) is 4.79 Å². The van der Waals surface area contributed by atoms with Gasteiger partial charge in [0, 0.05) is 44.1 Å². The van der Waals surface area contributed by atoms with Crippen LogP contribution in [-0.4, -0.2) is 52.1 Å². The van der Waals surface area contributed by atoms with Crippen LogP contribution in [0.2, 0.25) is 0 Å². The van der Waals surface area contributed by atoms with Crippen LogP contribution in [0, 0.1) is 11.3 Å². The first-order valence-corrected chi connectivity index (χ1v) is 10.6. The van der Waals surface area contributed by atoms with Crippen molar-refractivity contribution in [3.05, 3.63) is 57.6 Å². The fourth-order valence-electron chi connectivity index (χ4n) is 4.18. The maximum atomic E-state index is 12.4. The summed E-state index contributed by atoms with van der Waals surface area (Å²) < 4.78 is 0. The van der Waals surface area contributed by atoms with Crippen LogP contribution in [0.3, 0.4) is 0 Å². The number of aromatic nitrogens is 3. The summed E-state index contributed by atoms with van der Waals surface area (Å²) in [6, 6.07) is 8.12. The van der Waals surface area contributed by atoms with Gasteiger partial charge in [-0.05, 0) is 36.6 Å². The first-order valence-electron chi connectivity index (χ1n) is 9.75. The molecule has 0 aromatic carbocycles. The Bertz CT molecular complexity index is 1180. The molecular weight excluding hydrogens is 384 g/mol. The van der Waals surface area contributed by atoms with Crippen LogP contribution in [0.4, 0.5) is 5.13 Å². The Hall–Kier alpha value is -3.02. The number of nitrogens with zero attached hydrogens (tertiary/aromatic N) is 5. The number of piperazine rings is 1. The van der Waals surface area contributed by atoms with Crippen molar-refractivity contribution in [3.63, 3.8) is 0 Å². The number of H-pyrrole nitrogens is 1. The van der Waals surface area contributed by atoms with Crippen molar-refractivity contribution in [2.45, 2.75) is 18.9 Å². The van der Waals surface area contributed by atoms with Gasteiger partial charge in [-0.2, -0.15) is 5.26 Å². The minimum Gasteiger partial charge on any atom is -0.345 e. The van der Waals surface area contributed by atoms with Gasteiger partial charge in [0.2, 0.25) is 0 Å². The number of anilines is 1. The summed E-state index contributed by atoms with van der Waals surface area (Å²) in [5, 5.41) is 10.6. The van der Waals surface area contributed by atoms with Crippen molar-refractivity contribution in [1.82, 2.24) is 19.9 Å². The van der Waals surface area contributed by atoms with Crippen molar-refractivity contribution >= 4 is 32.9 Å². The summed E-state index contributed by atoms with van der Waals surface area (Å²) in [5.74, 6) is 0. The highest BCUT2D eigenvalue weighted by molar-refractivity contribution is 7.16. The minimum atomic E-state index is -0.0799. The fraction of sp³-hybridized carbons (Fsp3) is 0.333. The number of fused-ring (bicyclic) bond motifs is 1. The molecule has 0 radical (unpaired) electrons. The molecule has 5 rings (SSSR count). The van der Waals surface area contributed by atoms with E-state index in [0.717, 1.165) is 55.4 Å². The average molecular weight is 404 g/mol. The Morgan fingerprint density at radius 2 is 2.10 bits per heavy atom. The van der Waals surface area contributed by atoms with Crippen molar-refractivity contribution in [2.75, 3.05) is 31.1 Å². The predicted molar refractivity (Wildman–Crippen MR) is 114 cm³/mol. The topological polar surface area (TPSA) is 88.9 Å². The van der Waals surface area contributed by atoms with Gasteiger partial charge in [0.1, 0.15) is 10.9 Å². The molecular formula is C21H20N6OS. The molecule has 146 valence electrons. The number of allylic oxidation sites excluding steroid dienone is 1. The average Bonchev–Trinajstić information content (AvgIpc) is 3.44. The molecule has 0 bridgehead atoms. The molecule has 0 amide bonds. The van der Waals surface area contributed by atoms with Crippen LogP contribution >= 0.6 is 11.3 Å². The lowest BCUT2D eigenvalue weighted by molar-refractivity contribution is 0.214. The second kappa shape index (κ2) is 7.43. The van der Waals surface area contributed by atoms with Gasteiger partial charge in [0.25, 0.3) is 5.56 Å². The molecule has 1 fully saturated rings. The molecule has 3 aromatic heterocycles. The first kappa shape index (κ1) is 18.0. The summed E-state index contributed by atoms with van der Waals surface area (Å²) in [5.41, 5.74) is 2.74. The number of hydrogen-bond acceptors (Lipinski definition) is 7. The van der Waals surface area contributed by atoms with Gasteiger partial charge in [-0.15, -0.1) is 0 Å². The highest BCUT2D eigenvalue weighted by Gasteiger charge is 2.27. The van der Waals surface area contributed by atoms with E-state index in [1.54, 1.807) is 24.5 Å². The molecule has 4 heterocycles. The van der Waals surface area contributed by atoms with E-state index < -0.39 is 0 Å². The molecule has 1 N–H and O–H groups in total. The molecule has 0 spiro atoms. The normalized spacial score (nSPS) is 20.0. The van der Waals surface area contributed by atoms with Gasteiger partial charge in [-0.3, -0.25) is 14.7 Å². The largest absolute Gasteiger partial charge is 0.345 e. The Morgan fingerprint density at radius 3 is 2.90 bits per heavy atom. The van der Waals surface area contributed by atoms with E-state index in [1.807, 2.05) is 6.07 Å². The van der Waals surface area contributed by atoms with E-state index >= 15 is 0 Å². The number of thiazole rings is 1. The highest BCUT2D eigenvalue weighted by atomic mass is 32.1. The SMILES string of the molecule is N#Cc1cnc(N2CCN(C3C=C(c4cc5ncccc5c(=O)[nH]4)CC3)CC2)s1.